The molecular formula is C22H20N6. The first-order chi connectivity index (χ1) is 13.6. The van der Waals surface area contributed by atoms with Crippen LogP contribution in [0.3, 0.4) is 0 Å². The summed E-state index contributed by atoms with van der Waals surface area (Å²) in [5.41, 5.74) is 10.4. The summed E-state index contributed by atoms with van der Waals surface area (Å²) in [5.74, 6) is 0.241. The predicted molar refractivity (Wildman–Crippen MR) is 110 cm³/mol. The van der Waals surface area contributed by atoms with Crippen LogP contribution in [0.1, 0.15) is 11.1 Å². The third kappa shape index (κ3) is 3.58. The molecule has 6 heteroatoms. The second kappa shape index (κ2) is 7.54. The van der Waals surface area contributed by atoms with Gasteiger partial charge in [-0.15, -0.1) is 0 Å². The molecule has 0 bridgehead atoms. The van der Waals surface area contributed by atoms with Gasteiger partial charge in [0.15, 0.2) is 0 Å². The van der Waals surface area contributed by atoms with Crippen molar-refractivity contribution in [3.05, 3.63) is 89.5 Å². The standard InChI is InChI=1S/C22H20N6/c23-14-16-3-1-4-18(12-16)20-8-9-21(24)28(27-20)22(25)13-15-6-7-19-17(11-15)5-2-10-26-19/h1-12,24-25H,13-14,23H2. The molecule has 4 N–H and O–H groups in total. The van der Waals surface area contributed by atoms with E-state index in [1.165, 1.54) is 4.68 Å². The van der Waals surface area contributed by atoms with E-state index in [-0.39, 0.29) is 11.3 Å². The van der Waals surface area contributed by atoms with E-state index in [4.69, 9.17) is 16.6 Å². The van der Waals surface area contributed by atoms with E-state index in [1.54, 1.807) is 18.3 Å². The van der Waals surface area contributed by atoms with E-state index in [1.807, 2.05) is 54.6 Å². The lowest BCUT2D eigenvalue weighted by molar-refractivity contribution is 0.799. The van der Waals surface area contributed by atoms with Crippen molar-refractivity contribution >= 4 is 16.7 Å². The molecule has 0 radical (unpaired) electrons. The molecule has 0 spiro atoms. The Morgan fingerprint density at radius 3 is 2.71 bits per heavy atom. The Morgan fingerprint density at radius 1 is 0.964 bits per heavy atom. The van der Waals surface area contributed by atoms with E-state index >= 15 is 0 Å². The van der Waals surface area contributed by atoms with Gasteiger partial charge in [-0.2, -0.15) is 5.10 Å². The van der Waals surface area contributed by atoms with E-state index in [9.17, 15) is 0 Å². The van der Waals surface area contributed by atoms with Crippen LogP contribution < -0.4 is 11.2 Å². The van der Waals surface area contributed by atoms with Gasteiger partial charge in [0, 0.05) is 30.1 Å². The molecule has 0 saturated heterocycles. The molecule has 0 saturated carbocycles. The zero-order valence-corrected chi connectivity index (χ0v) is 15.3. The van der Waals surface area contributed by atoms with Crippen molar-refractivity contribution in [2.75, 3.05) is 0 Å². The van der Waals surface area contributed by atoms with Crippen LogP contribution in [0.15, 0.2) is 72.9 Å². The van der Waals surface area contributed by atoms with Gasteiger partial charge in [0.2, 0.25) is 0 Å². The molecule has 2 heterocycles. The molecule has 2 aromatic carbocycles. The van der Waals surface area contributed by atoms with Crippen molar-refractivity contribution in [1.29, 1.82) is 10.8 Å². The van der Waals surface area contributed by atoms with Gasteiger partial charge in [0.1, 0.15) is 11.3 Å². The minimum Gasteiger partial charge on any atom is -0.326 e. The number of aromatic nitrogens is 3. The molecule has 4 aromatic rings. The first-order valence-electron chi connectivity index (χ1n) is 9.00. The molecule has 0 aliphatic rings. The minimum atomic E-state index is 0.172. The normalized spacial score (nSPS) is 10.9. The van der Waals surface area contributed by atoms with Gasteiger partial charge in [-0.3, -0.25) is 15.8 Å². The SMILES string of the molecule is N=C(Cc1ccc2ncccc2c1)n1nc(-c2cccc(CN)c2)ccc1=N. The summed E-state index contributed by atoms with van der Waals surface area (Å²) in [6.45, 7) is 0.455. The molecule has 0 fully saturated rings. The highest BCUT2D eigenvalue weighted by molar-refractivity contribution is 5.85. The van der Waals surface area contributed by atoms with Crippen molar-refractivity contribution in [3.8, 4) is 11.3 Å². The topological polar surface area (TPSA) is 104 Å². The van der Waals surface area contributed by atoms with Crippen LogP contribution in [0.5, 0.6) is 0 Å². The van der Waals surface area contributed by atoms with Gasteiger partial charge >= 0.3 is 0 Å². The first-order valence-corrected chi connectivity index (χ1v) is 9.00. The maximum absolute atomic E-state index is 8.50. The van der Waals surface area contributed by atoms with Gasteiger partial charge < -0.3 is 5.73 Å². The summed E-state index contributed by atoms with van der Waals surface area (Å²) >= 11 is 0. The van der Waals surface area contributed by atoms with Crippen molar-refractivity contribution in [2.45, 2.75) is 13.0 Å². The Labute approximate surface area is 162 Å². The van der Waals surface area contributed by atoms with Crippen LogP contribution in [0.25, 0.3) is 22.2 Å². The fourth-order valence-corrected chi connectivity index (χ4v) is 3.14. The molecule has 0 aliphatic heterocycles. The molecule has 0 amide bonds. The second-order valence-electron chi connectivity index (χ2n) is 6.57. The van der Waals surface area contributed by atoms with Gasteiger partial charge in [0.05, 0.1) is 11.2 Å². The Morgan fingerprint density at radius 2 is 1.86 bits per heavy atom. The third-order valence-electron chi connectivity index (χ3n) is 4.59. The Kier molecular flexibility index (Phi) is 4.78. The summed E-state index contributed by atoms with van der Waals surface area (Å²) in [5, 5.41) is 22.2. The van der Waals surface area contributed by atoms with E-state index in [0.29, 0.717) is 18.7 Å². The lowest BCUT2D eigenvalue weighted by Crippen LogP contribution is -2.30. The quantitative estimate of drug-likeness (QED) is 0.381. The lowest BCUT2D eigenvalue weighted by Gasteiger charge is -2.11. The van der Waals surface area contributed by atoms with Gasteiger partial charge in [-0.05, 0) is 47.5 Å². The monoisotopic (exact) mass is 368 g/mol. The fourth-order valence-electron chi connectivity index (χ4n) is 3.14. The van der Waals surface area contributed by atoms with Crippen molar-refractivity contribution in [2.24, 2.45) is 5.73 Å². The highest BCUT2D eigenvalue weighted by Gasteiger charge is 2.08. The predicted octanol–water partition coefficient (Wildman–Crippen LogP) is 3.10. The number of nitrogens with two attached hydrogens (primary N) is 1. The van der Waals surface area contributed by atoms with Gasteiger partial charge in [-0.1, -0.05) is 30.3 Å². The number of hydrogen-bond donors (Lipinski definition) is 3. The zero-order valence-electron chi connectivity index (χ0n) is 15.3. The number of fused-ring (bicyclic) bond motifs is 1. The van der Waals surface area contributed by atoms with E-state index < -0.39 is 0 Å². The van der Waals surface area contributed by atoms with E-state index in [0.717, 1.165) is 27.6 Å². The highest BCUT2D eigenvalue weighted by Crippen LogP contribution is 2.17. The lowest BCUT2D eigenvalue weighted by atomic mass is 10.1. The van der Waals surface area contributed by atoms with Crippen molar-refractivity contribution in [3.63, 3.8) is 0 Å². The van der Waals surface area contributed by atoms with Crippen LogP contribution in [0, 0.1) is 10.8 Å². The largest absolute Gasteiger partial charge is 0.326 e. The van der Waals surface area contributed by atoms with Crippen molar-refractivity contribution < 1.29 is 0 Å². The average Bonchev–Trinajstić information content (AvgIpc) is 2.74. The Bertz CT molecular complexity index is 1220. The minimum absolute atomic E-state index is 0.172. The van der Waals surface area contributed by atoms with Gasteiger partial charge in [-0.25, -0.2) is 4.68 Å². The fraction of sp³-hybridized carbons (Fsp3) is 0.0909. The number of nitrogens with one attached hydrogen (secondary N) is 2. The summed E-state index contributed by atoms with van der Waals surface area (Å²) in [6.07, 6.45) is 2.14. The van der Waals surface area contributed by atoms with Crippen LogP contribution in [0.4, 0.5) is 0 Å². The zero-order chi connectivity index (χ0) is 19.5. The number of nitrogens with zero attached hydrogens (tertiary/aromatic N) is 3. The maximum atomic E-state index is 8.50. The molecule has 6 nitrogen and oxygen atoms in total. The third-order valence-corrected chi connectivity index (χ3v) is 4.59. The average molecular weight is 368 g/mol. The smallest absolute Gasteiger partial charge is 0.148 e. The maximum Gasteiger partial charge on any atom is 0.148 e. The molecular weight excluding hydrogens is 348 g/mol. The van der Waals surface area contributed by atoms with E-state index in [2.05, 4.69) is 10.1 Å². The summed E-state index contributed by atoms with van der Waals surface area (Å²) in [7, 11) is 0. The molecule has 0 aliphatic carbocycles. The van der Waals surface area contributed by atoms with Crippen LogP contribution in [-0.2, 0) is 13.0 Å². The Hall–Kier alpha value is -3.64. The summed E-state index contributed by atoms with van der Waals surface area (Å²) < 4.78 is 1.37. The van der Waals surface area contributed by atoms with Crippen LogP contribution in [-0.4, -0.2) is 20.6 Å². The number of pyridine rings is 1. The number of rotatable bonds is 4. The van der Waals surface area contributed by atoms with Crippen LogP contribution >= 0.6 is 0 Å². The first kappa shape index (κ1) is 17.8. The number of benzene rings is 2. The summed E-state index contributed by atoms with van der Waals surface area (Å²) in [6, 6.07) is 21.1. The van der Waals surface area contributed by atoms with Crippen LogP contribution in [0.2, 0.25) is 0 Å². The molecule has 0 unspecified atom stereocenters. The molecule has 4 rings (SSSR count). The summed E-state index contributed by atoms with van der Waals surface area (Å²) in [4.78, 5) is 4.32. The highest BCUT2D eigenvalue weighted by atomic mass is 15.3. The second-order valence-corrected chi connectivity index (χ2v) is 6.57. The molecule has 0 atom stereocenters. The molecule has 2 aromatic heterocycles. The molecule has 28 heavy (non-hydrogen) atoms. The number of hydrogen-bond acceptors (Lipinski definition) is 5. The van der Waals surface area contributed by atoms with Gasteiger partial charge in [0.25, 0.3) is 0 Å². The molecule has 138 valence electrons. The van der Waals surface area contributed by atoms with Crippen molar-refractivity contribution in [1.82, 2.24) is 14.8 Å². The Balaban J connectivity index is 1.65.